The highest BCUT2D eigenvalue weighted by molar-refractivity contribution is 5.68. The molecule has 0 aliphatic carbocycles. The van der Waals surface area contributed by atoms with Crippen LogP contribution in [-0.4, -0.2) is 15.2 Å². The van der Waals surface area contributed by atoms with Gasteiger partial charge in [-0.25, -0.2) is 9.83 Å². The lowest BCUT2D eigenvalue weighted by atomic mass is 10.5. The van der Waals surface area contributed by atoms with E-state index in [9.17, 15) is 5.21 Å². The third-order valence-electron chi connectivity index (χ3n) is 1.24. The number of hydrogen-bond donors (Lipinski definition) is 1. The van der Waals surface area contributed by atoms with Gasteiger partial charge in [-0.2, -0.15) is 0 Å². The number of H-pyrrole nitrogens is 1. The summed E-state index contributed by atoms with van der Waals surface area (Å²) in [6.07, 6.45) is 4.37. The van der Waals surface area contributed by atoms with Gasteiger partial charge in [0.05, 0.1) is 6.20 Å². The SMILES string of the molecule is [O-][n+]1cncc2c[nH]nc21. The van der Waals surface area contributed by atoms with Crippen molar-refractivity contribution in [1.29, 1.82) is 0 Å². The van der Waals surface area contributed by atoms with Crippen molar-refractivity contribution in [2.45, 2.75) is 0 Å². The first-order valence-corrected chi connectivity index (χ1v) is 2.74. The average molecular weight is 136 g/mol. The summed E-state index contributed by atoms with van der Waals surface area (Å²) in [4.78, 5) is 3.68. The van der Waals surface area contributed by atoms with Crippen molar-refractivity contribution >= 4 is 11.0 Å². The number of nitrogens with zero attached hydrogens (tertiary/aromatic N) is 3. The summed E-state index contributed by atoms with van der Waals surface area (Å²) < 4.78 is 0.617. The second kappa shape index (κ2) is 1.66. The van der Waals surface area contributed by atoms with Crippen molar-refractivity contribution in [2.75, 3.05) is 0 Å². The molecule has 2 aromatic rings. The molecule has 0 aromatic carbocycles. The van der Waals surface area contributed by atoms with Crippen LogP contribution in [0.5, 0.6) is 0 Å². The standard InChI is InChI=1S/C5H4N4O/c10-9-3-6-1-4-2-7-8-5(4)9/h1-3H,(H,7,8). The molecule has 5 nitrogen and oxygen atoms in total. The highest BCUT2D eigenvalue weighted by Gasteiger charge is 2.02. The molecule has 2 aromatic heterocycles. The quantitative estimate of drug-likeness (QED) is 0.395. The van der Waals surface area contributed by atoms with Gasteiger partial charge in [0, 0.05) is 0 Å². The maximum Gasteiger partial charge on any atom is 0.298 e. The summed E-state index contributed by atoms with van der Waals surface area (Å²) in [5.74, 6) is 0. The van der Waals surface area contributed by atoms with Crippen molar-refractivity contribution in [3.05, 3.63) is 23.9 Å². The molecule has 0 bridgehead atoms. The van der Waals surface area contributed by atoms with Gasteiger partial charge in [0.15, 0.2) is 0 Å². The van der Waals surface area contributed by atoms with Crippen molar-refractivity contribution in [3.63, 3.8) is 0 Å². The van der Waals surface area contributed by atoms with E-state index >= 15 is 0 Å². The fourth-order valence-corrected chi connectivity index (χ4v) is 0.792. The number of hydrogen-bond acceptors (Lipinski definition) is 3. The molecule has 0 spiro atoms. The summed E-state index contributed by atoms with van der Waals surface area (Å²) in [7, 11) is 0. The van der Waals surface area contributed by atoms with Crippen LogP contribution in [0, 0.1) is 5.21 Å². The lowest BCUT2D eigenvalue weighted by Crippen LogP contribution is -2.27. The van der Waals surface area contributed by atoms with Gasteiger partial charge in [-0.1, -0.05) is 0 Å². The van der Waals surface area contributed by atoms with Crippen molar-refractivity contribution in [3.8, 4) is 0 Å². The van der Waals surface area contributed by atoms with Crippen molar-refractivity contribution in [2.24, 2.45) is 0 Å². The first kappa shape index (κ1) is 5.16. The molecule has 2 rings (SSSR count). The van der Waals surface area contributed by atoms with E-state index in [2.05, 4.69) is 15.2 Å². The Labute approximate surface area is 55.9 Å². The second-order valence-corrected chi connectivity index (χ2v) is 1.88. The van der Waals surface area contributed by atoms with Crippen molar-refractivity contribution < 1.29 is 4.73 Å². The number of aromatic nitrogens is 4. The normalized spacial score (nSPS) is 10.4. The van der Waals surface area contributed by atoms with Crippen LogP contribution in [0.25, 0.3) is 11.0 Å². The van der Waals surface area contributed by atoms with Gasteiger partial charge in [0.1, 0.15) is 11.6 Å². The Morgan fingerprint density at radius 3 is 3.30 bits per heavy atom. The van der Waals surface area contributed by atoms with E-state index in [4.69, 9.17) is 0 Å². The molecular weight excluding hydrogens is 132 g/mol. The molecule has 0 saturated carbocycles. The molecule has 10 heavy (non-hydrogen) atoms. The van der Waals surface area contributed by atoms with E-state index in [0.29, 0.717) is 10.4 Å². The highest BCUT2D eigenvalue weighted by atomic mass is 16.5. The Bertz CT molecular complexity index is 355. The van der Waals surface area contributed by atoms with Crippen LogP contribution < -0.4 is 4.73 Å². The molecule has 0 unspecified atom stereocenters. The number of aromatic amines is 1. The Balaban J connectivity index is 2.95. The van der Waals surface area contributed by atoms with Crippen LogP contribution in [0.1, 0.15) is 0 Å². The molecule has 0 fully saturated rings. The third-order valence-corrected chi connectivity index (χ3v) is 1.24. The molecule has 50 valence electrons. The summed E-state index contributed by atoms with van der Waals surface area (Å²) in [6, 6.07) is 0. The first-order chi connectivity index (χ1) is 4.88. The molecule has 5 heteroatoms. The first-order valence-electron chi connectivity index (χ1n) is 2.74. The van der Waals surface area contributed by atoms with Crippen LogP contribution in [0.15, 0.2) is 18.7 Å². The monoisotopic (exact) mass is 136 g/mol. The minimum Gasteiger partial charge on any atom is -0.740 e. The van der Waals surface area contributed by atoms with E-state index in [-0.39, 0.29) is 0 Å². The zero-order valence-electron chi connectivity index (χ0n) is 4.98. The summed E-state index contributed by atoms with van der Waals surface area (Å²) in [6.45, 7) is 0. The predicted molar refractivity (Wildman–Crippen MR) is 32.8 cm³/mol. The molecule has 0 aliphatic rings. The van der Waals surface area contributed by atoms with E-state index in [1.165, 1.54) is 6.33 Å². The Hall–Kier alpha value is -1.65. The fraction of sp³-hybridized carbons (Fsp3) is 0. The average Bonchev–Trinajstić information content (AvgIpc) is 2.36. The number of fused-ring (bicyclic) bond motifs is 1. The van der Waals surface area contributed by atoms with Gasteiger partial charge in [-0.05, 0) is 5.10 Å². The van der Waals surface area contributed by atoms with Gasteiger partial charge >= 0.3 is 0 Å². The molecule has 0 amide bonds. The summed E-state index contributed by atoms with van der Waals surface area (Å²) >= 11 is 0. The molecular formula is C5H4N4O. The van der Waals surface area contributed by atoms with Gasteiger partial charge in [-0.15, -0.1) is 4.98 Å². The molecule has 0 aliphatic heterocycles. The Morgan fingerprint density at radius 1 is 1.60 bits per heavy atom. The van der Waals surface area contributed by atoms with Crippen LogP contribution in [0.3, 0.4) is 0 Å². The fourth-order valence-electron chi connectivity index (χ4n) is 0.792. The molecule has 0 radical (unpaired) electrons. The topological polar surface area (TPSA) is 68.5 Å². The second-order valence-electron chi connectivity index (χ2n) is 1.88. The molecule has 0 saturated heterocycles. The van der Waals surface area contributed by atoms with Crippen molar-refractivity contribution in [1.82, 2.24) is 15.2 Å². The summed E-state index contributed by atoms with van der Waals surface area (Å²) in [5, 5.41) is 17.8. The van der Waals surface area contributed by atoms with Gasteiger partial charge in [-0.3, -0.25) is 0 Å². The lowest BCUT2D eigenvalue weighted by molar-refractivity contribution is -0.582. The van der Waals surface area contributed by atoms with Crippen LogP contribution in [-0.2, 0) is 0 Å². The zero-order valence-corrected chi connectivity index (χ0v) is 4.98. The van der Waals surface area contributed by atoms with E-state index < -0.39 is 0 Å². The summed E-state index contributed by atoms with van der Waals surface area (Å²) in [5.41, 5.74) is 0.370. The Kier molecular flexibility index (Phi) is 0.858. The van der Waals surface area contributed by atoms with Gasteiger partial charge < -0.3 is 5.21 Å². The zero-order chi connectivity index (χ0) is 6.97. The number of nitrogens with one attached hydrogen (secondary N) is 1. The maximum atomic E-state index is 10.8. The van der Waals surface area contributed by atoms with Crippen LogP contribution >= 0.6 is 0 Å². The van der Waals surface area contributed by atoms with Gasteiger partial charge in [0.2, 0.25) is 6.33 Å². The van der Waals surface area contributed by atoms with E-state index in [1.54, 1.807) is 12.4 Å². The van der Waals surface area contributed by atoms with Gasteiger partial charge in [0.25, 0.3) is 5.65 Å². The molecule has 2 heterocycles. The minimum absolute atomic E-state index is 0.370. The van der Waals surface area contributed by atoms with Crippen LogP contribution in [0.4, 0.5) is 0 Å². The predicted octanol–water partition coefficient (Wildman–Crippen LogP) is -0.409. The third kappa shape index (κ3) is 0.540. The lowest BCUT2D eigenvalue weighted by Gasteiger charge is -1.97. The Morgan fingerprint density at radius 2 is 2.50 bits per heavy atom. The molecule has 0 atom stereocenters. The largest absolute Gasteiger partial charge is 0.740 e. The van der Waals surface area contributed by atoms with Crippen LogP contribution in [0.2, 0.25) is 0 Å². The van der Waals surface area contributed by atoms with E-state index in [0.717, 1.165) is 5.39 Å². The maximum absolute atomic E-state index is 10.8. The van der Waals surface area contributed by atoms with E-state index in [1.807, 2.05) is 0 Å². The molecule has 1 N–H and O–H groups in total. The minimum atomic E-state index is 0.370. The smallest absolute Gasteiger partial charge is 0.298 e. The number of rotatable bonds is 0. The highest BCUT2D eigenvalue weighted by Crippen LogP contribution is 1.99.